The number of amides is 1. The van der Waals surface area contributed by atoms with Gasteiger partial charge in [0.25, 0.3) is 5.91 Å². The summed E-state index contributed by atoms with van der Waals surface area (Å²) in [4.78, 5) is 23.5. The Hall–Kier alpha value is -2.25. The molecule has 1 heterocycles. The van der Waals surface area contributed by atoms with Gasteiger partial charge in [-0.25, -0.2) is 4.79 Å². The number of ether oxygens (including phenoxy) is 4. The molecule has 0 fully saturated rings. The lowest BCUT2D eigenvalue weighted by atomic mass is 10.2. The molecule has 1 atom stereocenters. The molecule has 0 aromatic heterocycles. The maximum atomic E-state index is 11.8. The van der Waals surface area contributed by atoms with Gasteiger partial charge < -0.3 is 24.3 Å². The van der Waals surface area contributed by atoms with Gasteiger partial charge in [-0.3, -0.25) is 4.79 Å². The van der Waals surface area contributed by atoms with Crippen molar-refractivity contribution in [3.8, 4) is 11.5 Å². The van der Waals surface area contributed by atoms with E-state index in [2.05, 4.69) is 5.32 Å². The van der Waals surface area contributed by atoms with Crippen LogP contribution >= 0.6 is 11.6 Å². The molecule has 1 aromatic rings. The Morgan fingerprint density at radius 3 is 2.88 bits per heavy atom. The minimum Gasteiger partial charge on any atom is -0.486 e. The summed E-state index contributed by atoms with van der Waals surface area (Å²) in [7, 11) is 1.53. The predicted molar refractivity (Wildman–Crippen MR) is 91.9 cm³/mol. The van der Waals surface area contributed by atoms with Crippen LogP contribution in [0, 0.1) is 0 Å². The number of methoxy groups -OCH3 is 1. The molecule has 136 valence electrons. The van der Waals surface area contributed by atoms with Gasteiger partial charge in [-0.05, 0) is 30.7 Å². The number of hydrogen-bond acceptors (Lipinski definition) is 6. The van der Waals surface area contributed by atoms with Crippen LogP contribution in [0.1, 0.15) is 12.5 Å². The SMILES string of the molecule is COCCNC(=O)[C@H](C)OC(=O)/C=C/c1cc(Cl)c2c(c1)OCCO2. The van der Waals surface area contributed by atoms with E-state index in [1.54, 1.807) is 12.1 Å². The highest BCUT2D eigenvalue weighted by Crippen LogP contribution is 2.38. The topological polar surface area (TPSA) is 83.1 Å². The highest BCUT2D eigenvalue weighted by molar-refractivity contribution is 6.32. The van der Waals surface area contributed by atoms with Gasteiger partial charge in [-0.2, -0.15) is 0 Å². The molecule has 8 heteroatoms. The van der Waals surface area contributed by atoms with Crippen molar-refractivity contribution in [2.75, 3.05) is 33.5 Å². The van der Waals surface area contributed by atoms with Crippen LogP contribution in [0.3, 0.4) is 0 Å². The second kappa shape index (κ2) is 9.29. The molecule has 0 unspecified atom stereocenters. The van der Waals surface area contributed by atoms with E-state index in [9.17, 15) is 9.59 Å². The number of rotatable bonds is 7. The predicted octanol–water partition coefficient (Wildman–Crippen LogP) is 1.82. The molecule has 25 heavy (non-hydrogen) atoms. The number of fused-ring (bicyclic) bond motifs is 1. The van der Waals surface area contributed by atoms with E-state index in [0.29, 0.717) is 48.5 Å². The Bertz CT molecular complexity index is 661. The molecule has 0 saturated carbocycles. The highest BCUT2D eigenvalue weighted by atomic mass is 35.5. The normalized spacial score (nSPS) is 14.2. The zero-order chi connectivity index (χ0) is 18.2. The minimum absolute atomic E-state index is 0.350. The van der Waals surface area contributed by atoms with Gasteiger partial charge in [0.1, 0.15) is 13.2 Å². The Balaban J connectivity index is 1.91. The molecular weight excluding hydrogens is 350 g/mol. The Morgan fingerprint density at radius 2 is 2.12 bits per heavy atom. The van der Waals surface area contributed by atoms with Crippen LogP contribution in [0.2, 0.25) is 5.02 Å². The van der Waals surface area contributed by atoms with Crippen molar-refractivity contribution in [3.63, 3.8) is 0 Å². The monoisotopic (exact) mass is 369 g/mol. The van der Waals surface area contributed by atoms with E-state index in [1.165, 1.54) is 26.2 Å². The first-order chi connectivity index (χ1) is 12.0. The molecule has 1 aromatic carbocycles. The fraction of sp³-hybridized carbons (Fsp3) is 0.412. The van der Waals surface area contributed by atoms with Crippen molar-refractivity contribution in [3.05, 3.63) is 28.8 Å². The minimum atomic E-state index is -0.905. The van der Waals surface area contributed by atoms with Crippen LogP contribution < -0.4 is 14.8 Å². The number of nitrogens with one attached hydrogen (secondary N) is 1. The van der Waals surface area contributed by atoms with Gasteiger partial charge in [0.05, 0.1) is 11.6 Å². The molecule has 0 spiro atoms. The summed E-state index contributed by atoms with van der Waals surface area (Å²) in [6.07, 6.45) is 1.85. The van der Waals surface area contributed by atoms with E-state index in [1.807, 2.05) is 0 Å². The average Bonchev–Trinajstić information content (AvgIpc) is 2.60. The van der Waals surface area contributed by atoms with Crippen molar-refractivity contribution in [2.45, 2.75) is 13.0 Å². The third kappa shape index (κ3) is 5.65. The molecule has 0 bridgehead atoms. The number of hydrogen-bond donors (Lipinski definition) is 1. The summed E-state index contributed by atoms with van der Waals surface area (Å²) < 4.78 is 20.8. The number of halogens is 1. The lowest BCUT2D eigenvalue weighted by molar-refractivity contribution is -0.150. The molecule has 7 nitrogen and oxygen atoms in total. The van der Waals surface area contributed by atoms with Crippen LogP contribution in [0.25, 0.3) is 6.08 Å². The second-order valence-corrected chi connectivity index (χ2v) is 5.63. The largest absolute Gasteiger partial charge is 0.486 e. The Morgan fingerprint density at radius 1 is 1.36 bits per heavy atom. The average molecular weight is 370 g/mol. The van der Waals surface area contributed by atoms with Crippen molar-refractivity contribution in [1.29, 1.82) is 0 Å². The first kappa shape index (κ1) is 19.1. The van der Waals surface area contributed by atoms with E-state index >= 15 is 0 Å². The van der Waals surface area contributed by atoms with Crippen molar-refractivity contribution < 1.29 is 28.5 Å². The Labute approximate surface area is 150 Å². The van der Waals surface area contributed by atoms with Gasteiger partial charge in [0, 0.05) is 19.7 Å². The smallest absolute Gasteiger partial charge is 0.331 e. The molecule has 0 saturated heterocycles. The summed E-state index contributed by atoms with van der Waals surface area (Å²) in [6.45, 7) is 3.11. The van der Waals surface area contributed by atoms with Crippen LogP contribution in [0.4, 0.5) is 0 Å². The molecular formula is C17H20ClNO6. The first-order valence-electron chi connectivity index (χ1n) is 7.75. The standard InChI is InChI=1S/C17H20ClNO6/c1-11(17(21)19-5-6-22-2)25-15(20)4-3-12-9-13(18)16-14(10-12)23-7-8-24-16/h3-4,9-11H,5-8H2,1-2H3,(H,19,21)/b4-3+/t11-/m0/s1. The quantitative estimate of drug-likeness (QED) is 0.448. The van der Waals surface area contributed by atoms with Gasteiger partial charge in [0.2, 0.25) is 0 Å². The van der Waals surface area contributed by atoms with Crippen molar-refractivity contribution in [1.82, 2.24) is 5.32 Å². The van der Waals surface area contributed by atoms with Crippen molar-refractivity contribution >= 4 is 29.6 Å². The molecule has 1 N–H and O–H groups in total. The maximum Gasteiger partial charge on any atom is 0.331 e. The maximum absolute atomic E-state index is 11.8. The highest BCUT2D eigenvalue weighted by Gasteiger charge is 2.17. The molecule has 1 aliphatic rings. The third-order valence-corrected chi connectivity index (χ3v) is 3.58. The van der Waals surface area contributed by atoms with Crippen molar-refractivity contribution in [2.24, 2.45) is 0 Å². The van der Waals surface area contributed by atoms with E-state index in [4.69, 9.17) is 30.5 Å². The Kier molecular flexibility index (Phi) is 7.09. The summed E-state index contributed by atoms with van der Waals surface area (Å²) >= 11 is 6.13. The van der Waals surface area contributed by atoms with Crippen LogP contribution in [-0.4, -0.2) is 51.5 Å². The van der Waals surface area contributed by atoms with Gasteiger partial charge in [-0.15, -0.1) is 0 Å². The fourth-order valence-corrected chi connectivity index (χ4v) is 2.35. The van der Waals surface area contributed by atoms with Gasteiger partial charge >= 0.3 is 5.97 Å². The van der Waals surface area contributed by atoms with Crippen LogP contribution in [0.5, 0.6) is 11.5 Å². The molecule has 1 amide bonds. The lowest BCUT2D eigenvalue weighted by Crippen LogP contribution is -2.37. The number of carbonyl (C=O) groups is 2. The van der Waals surface area contributed by atoms with E-state index < -0.39 is 12.1 Å². The zero-order valence-corrected chi connectivity index (χ0v) is 14.8. The summed E-state index contributed by atoms with van der Waals surface area (Å²) in [5, 5.41) is 2.99. The summed E-state index contributed by atoms with van der Waals surface area (Å²) in [5.74, 6) is -0.00627. The van der Waals surface area contributed by atoms with Gasteiger partial charge in [0.15, 0.2) is 17.6 Å². The summed E-state index contributed by atoms with van der Waals surface area (Å²) in [6, 6.07) is 3.37. The molecule has 1 aliphatic heterocycles. The first-order valence-corrected chi connectivity index (χ1v) is 8.13. The molecule has 0 radical (unpaired) electrons. The third-order valence-electron chi connectivity index (χ3n) is 3.30. The number of benzene rings is 1. The van der Waals surface area contributed by atoms with E-state index in [-0.39, 0.29) is 5.91 Å². The van der Waals surface area contributed by atoms with Gasteiger partial charge in [-0.1, -0.05) is 11.6 Å². The van der Waals surface area contributed by atoms with E-state index in [0.717, 1.165) is 0 Å². The van der Waals surface area contributed by atoms with Crippen LogP contribution in [-0.2, 0) is 19.1 Å². The van der Waals surface area contributed by atoms with Crippen LogP contribution in [0.15, 0.2) is 18.2 Å². The summed E-state index contributed by atoms with van der Waals surface area (Å²) in [5.41, 5.74) is 0.656. The fourth-order valence-electron chi connectivity index (χ4n) is 2.08. The zero-order valence-electron chi connectivity index (χ0n) is 14.0. The molecule has 0 aliphatic carbocycles. The number of carbonyl (C=O) groups excluding carboxylic acids is 2. The second-order valence-electron chi connectivity index (χ2n) is 5.22. The number of esters is 1. The lowest BCUT2D eigenvalue weighted by Gasteiger charge is -2.19. The molecule has 2 rings (SSSR count).